The molecular formula is C21H19N5O3S. The van der Waals surface area contributed by atoms with Crippen molar-refractivity contribution in [2.45, 2.75) is 18.7 Å². The summed E-state index contributed by atoms with van der Waals surface area (Å²) in [7, 11) is -3.66. The summed E-state index contributed by atoms with van der Waals surface area (Å²) in [6.45, 7) is 3.74. The van der Waals surface area contributed by atoms with Crippen LogP contribution in [0.3, 0.4) is 0 Å². The Labute approximate surface area is 174 Å². The Kier molecular flexibility index (Phi) is 5.20. The number of hydrogen-bond donors (Lipinski definition) is 1. The van der Waals surface area contributed by atoms with E-state index in [0.29, 0.717) is 23.1 Å². The van der Waals surface area contributed by atoms with E-state index in [1.165, 1.54) is 0 Å². The maximum Gasteiger partial charge on any atom is 0.261 e. The molecule has 0 aliphatic carbocycles. The van der Waals surface area contributed by atoms with E-state index in [2.05, 4.69) is 20.0 Å². The third kappa shape index (κ3) is 4.47. The molecule has 0 radical (unpaired) electrons. The molecule has 0 unspecified atom stereocenters. The number of hydrogen-bond acceptors (Lipinski definition) is 6. The van der Waals surface area contributed by atoms with E-state index < -0.39 is 10.0 Å². The lowest BCUT2D eigenvalue weighted by Crippen LogP contribution is -2.12. The quantitative estimate of drug-likeness (QED) is 0.507. The molecule has 2 heterocycles. The summed E-state index contributed by atoms with van der Waals surface area (Å²) >= 11 is 0. The van der Waals surface area contributed by atoms with Crippen LogP contribution in [0.4, 0.5) is 5.69 Å². The fourth-order valence-electron chi connectivity index (χ4n) is 2.74. The number of rotatable bonds is 6. The molecular weight excluding hydrogens is 402 g/mol. The van der Waals surface area contributed by atoms with Gasteiger partial charge in [-0.3, -0.25) is 4.72 Å². The van der Waals surface area contributed by atoms with E-state index in [9.17, 15) is 8.42 Å². The van der Waals surface area contributed by atoms with Gasteiger partial charge in [0.15, 0.2) is 5.82 Å². The first-order valence-corrected chi connectivity index (χ1v) is 10.6. The second kappa shape index (κ2) is 7.96. The molecule has 0 saturated heterocycles. The van der Waals surface area contributed by atoms with Gasteiger partial charge in [0, 0.05) is 18.0 Å². The number of nitrogens with one attached hydrogen (secondary N) is 1. The van der Waals surface area contributed by atoms with Gasteiger partial charge in [0.1, 0.15) is 5.75 Å². The van der Waals surface area contributed by atoms with Gasteiger partial charge in [-0.15, -0.1) is 10.2 Å². The van der Waals surface area contributed by atoms with Gasteiger partial charge in [0.05, 0.1) is 10.6 Å². The van der Waals surface area contributed by atoms with Crippen molar-refractivity contribution in [1.82, 2.24) is 20.0 Å². The molecule has 0 aliphatic heterocycles. The first-order chi connectivity index (χ1) is 14.4. The van der Waals surface area contributed by atoms with Gasteiger partial charge in [-0.1, -0.05) is 12.1 Å². The molecule has 30 heavy (non-hydrogen) atoms. The van der Waals surface area contributed by atoms with Gasteiger partial charge in [-0.25, -0.2) is 13.1 Å². The number of ether oxygens (including phenoxy) is 1. The summed E-state index contributed by atoms with van der Waals surface area (Å²) in [5.41, 5.74) is 2.19. The summed E-state index contributed by atoms with van der Waals surface area (Å²) in [4.78, 5) is 0.213. The molecule has 152 valence electrons. The van der Waals surface area contributed by atoms with E-state index in [0.717, 1.165) is 11.3 Å². The molecule has 4 aromatic rings. The highest BCUT2D eigenvalue weighted by Crippen LogP contribution is 2.23. The zero-order chi connectivity index (χ0) is 21.1. The summed E-state index contributed by atoms with van der Waals surface area (Å²) in [6, 6.07) is 18.6. The number of aryl methyl sites for hydroxylation is 2. The molecule has 0 spiro atoms. The molecule has 2 aromatic heterocycles. The Hall–Kier alpha value is -3.72. The maximum atomic E-state index is 12.5. The molecule has 0 fully saturated rings. The number of anilines is 1. The van der Waals surface area contributed by atoms with Gasteiger partial charge in [0.25, 0.3) is 10.0 Å². The Bertz CT molecular complexity index is 1270. The van der Waals surface area contributed by atoms with Crippen LogP contribution in [0.5, 0.6) is 11.6 Å². The van der Waals surface area contributed by atoms with Crippen molar-refractivity contribution in [2.75, 3.05) is 4.72 Å². The van der Waals surface area contributed by atoms with Crippen LogP contribution in [0.15, 0.2) is 77.8 Å². The zero-order valence-corrected chi connectivity index (χ0v) is 17.2. The highest BCUT2D eigenvalue weighted by atomic mass is 32.2. The van der Waals surface area contributed by atoms with E-state index in [1.807, 2.05) is 26.0 Å². The summed E-state index contributed by atoms with van der Waals surface area (Å²) < 4.78 is 34.9. The van der Waals surface area contributed by atoms with Crippen LogP contribution in [0.1, 0.15) is 11.3 Å². The largest absolute Gasteiger partial charge is 0.438 e. The average molecular weight is 421 g/mol. The highest BCUT2D eigenvalue weighted by Gasteiger charge is 2.14. The fraction of sp³-hybridized carbons (Fsp3) is 0.0952. The molecule has 2 aromatic carbocycles. The lowest BCUT2D eigenvalue weighted by molar-refractivity contribution is 0.454. The van der Waals surface area contributed by atoms with E-state index in [4.69, 9.17) is 4.74 Å². The van der Waals surface area contributed by atoms with Gasteiger partial charge in [-0.2, -0.15) is 5.10 Å². The van der Waals surface area contributed by atoms with E-state index in [-0.39, 0.29) is 4.90 Å². The van der Waals surface area contributed by atoms with Crippen LogP contribution in [0.2, 0.25) is 0 Å². The third-order valence-electron chi connectivity index (χ3n) is 4.21. The Morgan fingerprint density at radius 3 is 2.37 bits per heavy atom. The van der Waals surface area contributed by atoms with Crippen LogP contribution >= 0.6 is 0 Å². The number of aromatic nitrogens is 4. The summed E-state index contributed by atoms with van der Waals surface area (Å²) in [5, 5.41) is 12.4. The smallest absolute Gasteiger partial charge is 0.261 e. The molecule has 0 amide bonds. The monoisotopic (exact) mass is 421 g/mol. The molecule has 0 bridgehead atoms. The van der Waals surface area contributed by atoms with Crippen molar-refractivity contribution in [3.8, 4) is 17.4 Å². The Balaban J connectivity index is 1.43. The summed E-state index contributed by atoms with van der Waals surface area (Å²) in [5.74, 6) is 1.40. The first-order valence-electron chi connectivity index (χ1n) is 9.13. The minimum atomic E-state index is -3.66. The van der Waals surface area contributed by atoms with Crippen LogP contribution in [0.25, 0.3) is 5.82 Å². The fourth-order valence-corrected chi connectivity index (χ4v) is 3.90. The molecule has 0 saturated carbocycles. The van der Waals surface area contributed by atoms with Gasteiger partial charge in [-0.05, 0) is 67.9 Å². The topological polar surface area (TPSA) is 99.0 Å². The zero-order valence-electron chi connectivity index (χ0n) is 16.4. The second-order valence-corrected chi connectivity index (χ2v) is 8.36. The standard InChI is InChI=1S/C21H19N5O3S/c1-15-4-3-5-19(14-15)30(27,28)25-17-6-8-18(9-7-17)29-21-11-10-20(22-23-21)26-13-12-16(2)24-26/h3-14,25H,1-2H3. The van der Waals surface area contributed by atoms with Crippen molar-refractivity contribution >= 4 is 15.7 Å². The van der Waals surface area contributed by atoms with E-state index >= 15 is 0 Å². The van der Waals surface area contributed by atoms with Gasteiger partial charge < -0.3 is 4.74 Å². The molecule has 8 nitrogen and oxygen atoms in total. The SMILES string of the molecule is Cc1cccc(S(=O)(=O)Nc2ccc(Oc3ccc(-n4ccc(C)n4)nn3)cc2)c1. The third-order valence-corrected chi connectivity index (χ3v) is 5.59. The first kappa shape index (κ1) is 19.6. The normalized spacial score (nSPS) is 11.3. The van der Waals surface area contributed by atoms with Crippen LogP contribution in [-0.2, 0) is 10.0 Å². The molecule has 4 rings (SSSR count). The Morgan fingerprint density at radius 1 is 0.933 bits per heavy atom. The predicted octanol–water partition coefficient (Wildman–Crippen LogP) is 3.87. The number of sulfonamides is 1. The van der Waals surface area contributed by atoms with Crippen LogP contribution < -0.4 is 9.46 Å². The lowest BCUT2D eigenvalue weighted by Gasteiger charge is -2.10. The number of nitrogens with zero attached hydrogens (tertiary/aromatic N) is 4. The van der Waals surface area contributed by atoms with Gasteiger partial charge >= 0.3 is 0 Å². The second-order valence-electron chi connectivity index (χ2n) is 6.68. The van der Waals surface area contributed by atoms with Crippen molar-refractivity contribution in [3.05, 3.63) is 84.2 Å². The van der Waals surface area contributed by atoms with Crippen LogP contribution in [-0.4, -0.2) is 28.4 Å². The summed E-state index contributed by atoms with van der Waals surface area (Å²) in [6.07, 6.45) is 1.80. The molecule has 1 N–H and O–H groups in total. The predicted molar refractivity (Wildman–Crippen MR) is 112 cm³/mol. The minimum Gasteiger partial charge on any atom is -0.438 e. The van der Waals surface area contributed by atoms with Crippen molar-refractivity contribution in [2.24, 2.45) is 0 Å². The Morgan fingerprint density at radius 2 is 1.73 bits per heavy atom. The van der Waals surface area contributed by atoms with Crippen molar-refractivity contribution in [3.63, 3.8) is 0 Å². The number of benzene rings is 2. The highest BCUT2D eigenvalue weighted by molar-refractivity contribution is 7.92. The van der Waals surface area contributed by atoms with Gasteiger partial charge in [0.2, 0.25) is 5.88 Å². The van der Waals surface area contributed by atoms with E-state index in [1.54, 1.807) is 65.5 Å². The van der Waals surface area contributed by atoms with Crippen molar-refractivity contribution in [1.29, 1.82) is 0 Å². The lowest BCUT2D eigenvalue weighted by atomic mass is 10.2. The molecule has 0 aliphatic rings. The van der Waals surface area contributed by atoms with Crippen molar-refractivity contribution < 1.29 is 13.2 Å². The van der Waals surface area contributed by atoms with Crippen LogP contribution in [0, 0.1) is 13.8 Å². The molecule has 0 atom stereocenters. The average Bonchev–Trinajstić information content (AvgIpc) is 3.16. The maximum absolute atomic E-state index is 12.5. The molecule has 9 heteroatoms. The minimum absolute atomic E-state index is 0.213.